The summed E-state index contributed by atoms with van der Waals surface area (Å²) < 4.78 is 2.09. The molecule has 2 aromatic heterocycles. The highest BCUT2D eigenvalue weighted by molar-refractivity contribution is 7.15. The highest BCUT2D eigenvalue weighted by Crippen LogP contribution is 2.15. The van der Waals surface area contributed by atoms with Crippen molar-refractivity contribution in [2.45, 2.75) is 19.4 Å². The Hall–Kier alpha value is -0.910. The minimum absolute atomic E-state index is 0.838. The molecule has 4 nitrogen and oxygen atoms in total. The van der Waals surface area contributed by atoms with E-state index in [2.05, 4.69) is 44.4 Å². The monoisotopic (exact) mass is 264 g/mol. The van der Waals surface area contributed by atoms with Crippen LogP contribution in [0.5, 0.6) is 0 Å². The number of aromatic nitrogens is 2. The first kappa shape index (κ1) is 12.1. The highest BCUT2D eigenvalue weighted by Gasteiger charge is 2.16. The average molecular weight is 264 g/mol. The minimum Gasteiger partial charge on any atom is -0.311 e. The van der Waals surface area contributed by atoms with Gasteiger partial charge in [-0.05, 0) is 45.4 Å². The average Bonchev–Trinajstić information content (AvgIpc) is 2.92. The Labute approximate surface area is 112 Å². The molecule has 3 heterocycles. The zero-order valence-corrected chi connectivity index (χ0v) is 11.6. The second-order valence-corrected chi connectivity index (χ2v) is 6.08. The Balaban J connectivity index is 1.45. The fourth-order valence-corrected chi connectivity index (χ4v) is 3.25. The van der Waals surface area contributed by atoms with E-state index in [1.165, 1.54) is 25.9 Å². The third kappa shape index (κ3) is 2.74. The molecule has 0 atom stereocenters. The molecule has 0 spiro atoms. The van der Waals surface area contributed by atoms with E-state index in [1.807, 2.05) is 0 Å². The van der Waals surface area contributed by atoms with Gasteiger partial charge in [0.2, 0.25) is 0 Å². The molecule has 1 N–H and O–H groups in total. The number of thiazole rings is 1. The Morgan fingerprint density at radius 2 is 2.28 bits per heavy atom. The summed E-state index contributed by atoms with van der Waals surface area (Å²) in [7, 11) is 2.21. The van der Waals surface area contributed by atoms with E-state index in [-0.39, 0.29) is 0 Å². The van der Waals surface area contributed by atoms with Crippen molar-refractivity contribution in [3.63, 3.8) is 0 Å². The third-order valence-electron chi connectivity index (χ3n) is 3.72. The van der Waals surface area contributed by atoms with E-state index in [1.54, 1.807) is 11.3 Å². The molecule has 0 amide bonds. The minimum atomic E-state index is 0.838. The maximum Gasteiger partial charge on any atom is 0.193 e. The normalized spacial score (nSPS) is 18.7. The lowest BCUT2D eigenvalue weighted by molar-refractivity contribution is 0.216. The van der Waals surface area contributed by atoms with Gasteiger partial charge in [0.05, 0.1) is 5.69 Å². The molecular formula is C13H20N4S. The van der Waals surface area contributed by atoms with Crippen molar-refractivity contribution in [3.8, 4) is 0 Å². The van der Waals surface area contributed by atoms with Crippen molar-refractivity contribution >= 4 is 16.3 Å². The van der Waals surface area contributed by atoms with Crippen LogP contribution in [-0.2, 0) is 6.54 Å². The lowest BCUT2D eigenvalue weighted by Crippen LogP contribution is -2.34. The fraction of sp³-hybridized carbons (Fsp3) is 0.615. The van der Waals surface area contributed by atoms with Crippen LogP contribution in [0.2, 0.25) is 0 Å². The Morgan fingerprint density at radius 3 is 3.06 bits per heavy atom. The van der Waals surface area contributed by atoms with Crippen molar-refractivity contribution in [1.29, 1.82) is 0 Å². The number of imidazole rings is 1. The van der Waals surface area contributed by atoms with E-state index in [0.717, 1.165) is 29.7 Å². The largest absolute Gasteiger partial charge is 0.311 e. The van der Waals surface area contributed by atoms with Crippen LogP contribution in [0.4, 0.5) is 0 Å². The lowest BCUT2D eigenvalue weighted by Gasteiger charge is -2.28. The lowest BCUT2D eigenvalue weighted by atomic mass is 9.97. The first-order chi connectivity index (χ1) is 8.81. The molecule has 98 valence electrons. The molecule has 0 radical (unpaired) electrons. The molecule has 1 aliphatic heterocycles. The molecule has 0 unspecified atom stereocenters. The predicted molar refractivity (Wildman–Crippen MR) is 75.0 cm³/mol. The van der Waals surface area contributed by atoms with Crippen LogP contribution in [0.25, 0.3) is 4.96 Å². The fourth-order valence-electron chi connectivity index (χ4n) is 2.53. The van der Waals surface area contributed by atoms with E-state index in [4.69, 9.17) is 0 Å². The molecule has 18 heavy (non-hydrogen) atoms. The molecule has 0 aromatic carbocycles. The van der Waals surface area contributed by atoms with Crippen LogP contribution in [-0.4, -0.2) is 41.0 Å². The van der Waals surface area contributed by atoms with Gasteiger partial charge >= 0.3 is 0 Å². The SMILES string of the molecule is CN1CCC(CNCc2cn3ccsc3n2)CC1. The van der Waals surface area contributed by atoms with Crippen LogP contribution < -0.4 is 5.32 Å². The van der Waals surface area contributed by atoms with E-state index in [0.29, 0.717) is 0 Å². The number of hydrogen-bond acceptors (Lipinski definition) is 4. The molecule has 1 aliphatic rings. The van der Waals surface area contributed by atoms with Crippen LogP contribution in [0.15, 0.2) is 17.8 Å². The molecule has 0 bridgehead atoms. The molecule has 5 heteroatoms. The van der Waals surface area contributed by atoms with Gasteiger partial charge in [-0.3, -0.25) is 4.40 Å². The van der Waals surface area contributed by atoms with Crippen molar-refractivity contribution in [1.82, 2.24) is 19.6 Å². The smallest absolute Gasteiger partial charge is 0.193 e. The summed E-state index contributed by atoms with van der Waals surface area (Å²) in [6.07, 6.45) is 6.82. The molecular weight excluding hydrogens is 244 g/mol. The van der Waals surface area contributed by atoms with Crippen LogP contribution >= 0.6 is 11.3 Å². The van der Waals surface area contributed by atoms with Crippen LogP contribution in [0, 0.1) is 5.92 Å². The summed E-state index contributed by atoms with van der Waals surface area (Å²) in [6, 6.07) is 0. The second kappa shape index (κ2) is 5.38. The van der Waals surface area contributed by atoms with Gasteiger partial charge in [0.15, 0.2) is 4.96 Å². The third-order valence-corrected chi connectivity index (χ3v) is 4.49. The number of nitrogens with one attached hydrogen (secondary N) is 1. The Morgan fingerprint density at radius 1 is 1.44 bits per heavy atom. The van der Waals surface area contributed by atoms with Gasteiger partial charge in [-0.1, -0.05) is 0 Å². The molecule has 1 saturated heterocycles. The quantitative estimate of drug-likeness (QED) is 0.914. The number of fused-ring (bicyclic) bond motifs is 1. The number of piperidine rings is 1. The Kier molecular flexibility index (Phi) is 3.63. The number of nitrogens with zero attached hydrogens (tertiary/aromatic N) is 3. The van der Waals surface area contributed by atoms with Gasteiger partial charge in [-0.2, -0.15) is 0 Å². The van der Waals surface area contributed by atoms with Crippen molar-refractivity contribution in [3.05, 3.63) is 23.5 Å². The predicted octanol–water partition coefficient (Wildman–Crippen LogP) is 1.83. The second-order valence-electron chi connectivity index (χ2n) is 5.20. The first-order valence-corrected chi connectivity index (χ1v) is 7.49. The van der Waals surface area contributed by atoms with Crippen molar-refractivity contribution < 1.29 is 0 Å². The summed E-state index contributed by atoms with van der Waals surface area (Å²) in [4.78, 5) is 8.08. The standard InChI is InChI=1S/C13H20N4S/c1-16-4-2-11(3-5-16)8-14-9-12-10-17-6-7-18-13(17)15-12/h6-7,10-11,14H,2-5,8-9H2,1H3. The summed E-state index contributed by atoms with van der Waals surface area (Å²) in [5, 5.41) is 5.61. The Bertz CT molecular complexity index is 467. The van der Waals surface area contributed by atoms with Gasteiger partial charge in [0.25, 0.3) is 0 Å². The van der Waals surface area contributed by atoms with Gasteiger partial charge < -0.3 is 10.2 Å². The summed E-state index contributed by atoms with van der Waals surface area (Å²) in [5.41, 5.74) is 1.15. The van der Waals surface area contributed by atoms with Crippen molar-refractivity contribution in [2.75, 3.05) is 26.7 Å². The molecule has 0 saturated carbocycles. The zero-order valence-electron chi connectivity index (χ0n) is 10.8. The maximum absolute atomic E-state index is 4.58. The summed E-state index contributed by atoms with van der Waals surface area (Å²) in [6.45, 7) is 4.50. The topological polar surface area (TPSA) is 32.6 Å². The number of rotatable bonds is 4. The summed E-state index contributed by atoms with van der Waals surface area (Å²) >= 11 is 1.69. The summed E-state index contributed by atoms with van der Waals surface area (Å²) in [5.74, 6) is 0.838. The van der Waals surface area contributed by atoms with Crippen molar-refractivity contribution in [2.24, 2.45) is 5.92 Å². The van der Waals surface area contributed by atoms with Crippen LogP contribution in [0.3, 0.4) is 0 Å². The van der Waals surface area contributed by atoms with Gasteiger partial charge in [0, 0.05) is 24.3 Å². The van der Waals surface area contributed by atoms with E-state index in [9.17, 15) is 0 Å². The van der Waals surface area contributed by atoms with Crippen LogP contribution in [0.1, 0.15) is 18.5 Å². The maximum atomic E-state index is 4.58. The zero-order chi connectivity index (χ0) is 12.4. The molecule has 0 aliphatic carbocycles. The molecule has 3 rings (SSSR count). The molecule has 2 aromatic rings. The number of hydrogen-bond donors (Lipinski definition) is 1. The van der Waals surface area contributed by atoms with Gasteiger partial charge in [-0.25, -0.2) is 4.98 Å². The van der Waals surface area contributed by atoms with E-state index >= 15 is 0 Å². The van der Waals surface area contributed by atoms with Gasteiger partial charge in [0.1, 0.15) is 0 Å². The van der Waals surface area contributed by atoms with E-state index < -0.39 is 0 Å². The first-order valence-electron chi connectivity index (χ1n) is 6.61. The highest BCUT2D eigenvalue weighted by atomic mass is 32.1. The number of likely N-dealkylation sites (tertiary alicyclic amines) is 1. The van der Waals surface area contributed by atoms with Gasteiger partial charge in [-0.15, -0.1) is 11.3 Å². The molecule has 1 fully saturated rings.